The second-order valence-electron chi connectivity index (χ2n) is 4.83. The normalized spacial score (nSPS) is 10.8. The highest BCUT2D eigenvalue weighted by molar-refractivity contribution is 6.30. The third-order valence-corrected chi connectivity index (χ3v) is 3.31. The number of aryl methyl sites for hydroxylation is 1. The second-order valence-corrected chi connectivity index (χ2v) is 5.26. The number of esters is 1. The molecule has 0 fully saturated rings. The van der Waals surface area contributed by atoms with Gasteiger partial charge < -0.3 is 9.72 Å². The van der Waals surface area contributed by atoms with Gasteiger partial charge in [0.05, 0.1) is 10.7 Å². The Morgan fingerprint density at radius 3 is 2.95 bits per heavy atom. The van der Waals surface area contributed by atoms with Crippen molar-refractivity contribution in [2.24, 2.45) is 0 Å². The van der Waals surface area contributed by atoms with Crippen molar-refractivity contribution in [2.45, 2.75) is 13.5 Å². The van der Waals surface area contributed by atoms with Gasteiger partial charge in [0.1, 0.15) is 17.9 Å². The summed E-state index contributed by atoms with van der Waals surface area (Å²) in [6.45, 7) is 1.82. The Balaban J connectivity index is 1.82. The Morgan fingerprint density at radius 2 is 2.23 bits per heavy atom. The number of pyridine rings is 1. The van der Waals surface area contributed by atoms with Gasteiger partial charge in [-0.3, -0.25) is 9.20 Å². The maximum absolute atomic E-state index is 12.0. The molecule has 3 aromatic heterocycles. The SMILES string of the molecule is Cc1ccn2c(=O)cc(COC(=O)c3cc(Cl)c[nH]3)nc2c1. The van der Waals surface area contributed by atoms with E-state index in [-0.39, 0.29) is 17.9 Å². The number of aromatic nitrogens is 3. The predicted molar refractivity (Wildman–Crippen MR) is 81.1 cm³/mol. The lowest BCUT2D eigenvalue weighted by molar-refractivity contribution is 0.0461. The number of halogens is 1. The van der Waals surface area contributed by atoms with E-state index in [9.17, 15) is 9.59 Å². The first-order valence-electron chi connectivity index (χ1n) is 6.53. The second kappa shape index (κ2) is 5.65. The highest BCUT2D eigenvalue weighted by Crippen LogP contribution is 2.11. The van der Waals surface area contributed by atoms with E-state index >= 15 is 0 Å². The molecule has 0 amide bonds. The van der Waals surface area contributed by atoms with Crippen LogP contribution in [-0.4, -0.2) is 20.3 Å². The van der Waals surface area contributed by atoms with Crippen LogP contribution in [0.2, 0.25) is 5.02 Å². The number of ether oxygens (including phenoxy) is 1. The van der Waals surface area contributed by atoms with Crippen LogP contribution in [-0.2, 0) is 11.3 Å². The van der Waals surface area contributed by atoms with E-state index in [0.29, 0.717) is 16.4 Å². The topological polar surface area (TPSA) is 76.5 Å². The summed E-state index contributed by atoms with van der Waals surface area (Å²) in [5.41, 5.74) is 1.92. The fourth-order valence-electron chi connectivity index (χ4n) is 2.03. The Bertz CT molecular complexity index is 914. The van der Waals surface area contributed by atoms with E-state index in [2.05, 4.69) is 9.97 Å². The van der Waals surface area contributed by atoms with Crippen LogP contribution < -0.4 is 5.56 Å². The Hall–Kier alpha value is -2.60. The Kier molecular flexibility index (Phi) is 3.68. The van der Waals surface area contributed by atoms with E-state index < -0.39 is 5.97 Å². The summed E-state index contributed by atoms with van der Waals surface area (Å²) in [6.07, 6.45) is 3.15. The van der Waals surface area contributed by atoms with Crippen molar-refractivity contribution in [3.05, 3.63) is 69.0 Å². The number of hydrogen-bond acceptors (Lipinski definition) is 4. The summed E-state index contributed by atoms with van der Waals surface area (Å²) in [7, 11) is 0. The zero-order valence-electron chi connectivity index (χ0n) is 11.7. The molecule has 1 N–H and O–H groups in total. The molecule has 0 bridgehead atoms. The molecule has 0 spiro atoms. The third-order valence-electron chi connectivity index (χ3n) is 3.09. The molecule has 0 saturated carbocycles. The number of carbonyl (C=O) groups is 1. The molecule has 0 saturated heterocycles. The molecule has 6 nitrogen and oxygen atoms in total. The summed E-state index contributed by atoms with van der Waals surface area (Å²) in [6, 6.07) is 6.43. The lowest BCUT2D eigenvalue weighted by atomic mass is 10.3. The number of rotatable bonds is 3. The molecule has 0 unspecified atom stereocenters. The van der Waals surface area contributed by atoms with Crippen LogP contribution in [0.25, 0.3) is 5.65 Å². The number of H-pyrrole nitrogens is 1. The molecular formula is C15H12ClN3O3. The van der Waals surface area contributed by atoms with E-state index in [1.807, 2.05) is 13.0 Å². The first-order chi connectivity index (χ1) is 10.5. The van der Waals surface area contributed by atoms with Crippen molar-refractivity contribution in [3.63, 3.8) is 0 Å². The van der Waals surface area contributed by atoms with Gasteiger partial charge in [0.25, 0.3) is 5.56 Å². The standard InChI is InChI=1S/C15H12ClN3O3/c1-9-2-3-19-13(4-9)18-11(6-14(19)20)8-22-15(21)12-5-10(16)7-17-12/h2-7,17H,8H2,1H3. The lowest BCUT2D eigenvalue weighted by Crippen LogP contribution is -2.16. The minimum Gasteiger partial charge on any atom is -0.455 e. The molecule has 3 heterocycles. The Labute approximate surface area is 130 Å². The number of nitrogens with one attached hydrogen (secondary N) is 1. The molecule has 0 aliphatic carbocycles. The summed E-state index contributed by atoms with van der Waals surface area (Å²) >= 11 is 5.73. The van der Waals surface area contributed by atoms with Gasteiger partial charge in [0, 0.05) is 18.5 Å². The van der Waals surface area contributed by atoms with Gasteiger partial charge in [-0.25, -0.2) is 9.78 Å². The molecule has 0 atom stereocenters. The smallest absolute Gasteiger partial charge is 0.355 e. The average molecular weight is 318 g/mol. The quantitative estimate of drug-likeness (QED) is 0.752. The zero-order valence-corrected chi connectivity index (χ0v) is 12.4. The molecule has 0 aromatic carbocycles. The minimum absolute atomic E-state index is 0.0881. The van der Waals surface area contributed by atoms with Gasteiger partial charge in [-0.15, -0.1) is 0 Å². The van der Waals surface area contributed by atoms with E-state index in [4.69, 9.17) is 16.3 Å². The highest BCUT2D eigenvalue weighted by Gasteiger charge is 2.11. The number of nitrogens with zero attached hydrogens (tertiary/aromatic N) is 2. The molecule has 0 aliphatic heterocycles. The van der Waals surface area contributed by atoms with Gasteiger partial charge in [-0.1, -0.05) is 11.6 Å². The van der Waals surface area contributed by atoms with Crippen molar-refractivity contribution >= 4 is 23.2 Å². The van der Waals surface area contributed by atoms with Crippen LogP contribution >= 0.6 is 11.6 Å². The lowest BCUT2D eigenvalue weighted by Gasteiger charge is -2.05. The van der Waals surface area contributed by atoms with Crippen LogP contribution in [0.3, 0.4) is 0 Å². The third kappa shape index (κ3) is 2.87. The predicted octanol–water partition coefficient (Wildman–Crippen LogP) is 2.34. The van der Waals surface area contributed by atoms with Crippen LogP contribution in [0.5, 0.6) is 0 Å². The van der Waals surface area contributed by atoms with Crippen LogP contribution in [0.1, 0.15) is 21.7 Å². The van der Waals surface area contributed by atoms with E-state index in [1.54, 1.807) is 12.3 Å². The summed E-state index contributed by atoms with van der Waals surface area (Å²) in [5.74, 6) is -0.557. The maximum atomic E-state index is 12.0. The fourth-order valence-corrected chi connectivity index (χ4v) is 2.19. The van der Waals surface area contributed by atoms with Crippen LogP contribution in [0.15, 0.2) is 41.5 Å². The molecule has 22 heavy (non-hydrogen) atoms. The van der Waals surface area contributed by atoms with Gasteiger partial charge in [-0.05, 0) is 30.7 Å². The molecular weight excluding hydrogens is 306 g/mol. The molecule has 3 aromatic rings. The summed E-state index contributed by atoms with van der Waals surface area (Å²) in [4.78, 5) is 30.8. The van der Waals surface area contributed by atoms with Crippen molar-refractivity contribution in [1.82, 2.24) is 14.4 Å². The largest absolute Gasteiger partial charge is 0.455 e. The minimum atomic E-state index is -0.557. The van der Waals surface area contributed by atoms with Crippen LogP contribution in [0, 0.1) is 6.92 Å². The molecule has 7 heteroatoms. The van der Waals surface area contributed by atoms with Gasteiger partial charge >= 0.3 is 5.97 Å². The van der Waals surface area contributed by atoms with E-state index in [0.717, 1.165) is 5.56 Å². The highest BCUT2D eigenvalue weighted by atomic mass is 35.5. The van der Waals surface area contributed by atoms with Crippen molar-refractivity contribution in [1.29, 1.82) is 0 Å². The monoisotopic (exact) mass is 317 g/mol. The van der Waals surface area contributed by atoms with Gasteiger partial charge in [-0.2, -0.15) is 0 Å². The van der Waals surface area contributed by atoms with Gasteiger partial charge in [0.2, 0.25) is 0 Å². The number of carbonyl (C=O) groups excluding carboxylic acids is 1. The molecule has 0 aliphatic rings. The van der Waals surface area contributed by atoms with Crippen molar-refractivity contribution in [2.75, 3.05) is 0 Å². The molecule has 0 radical (unpaired) electrons. The zero-order chi connectivity index (χ0) is 15.7. The van der Waals surface area contributed by atoms with Crippen LogP contribution in [0.4, 0.5) is 0 Å². The fraction of sp³-hybridized carbons (Fsp3) is 0.133. The van der Waals surface area contributed by atoms with Crippen molar-refractivity contribution < 1.29 is 9.53 Å². The maximum Gasteiger partial charge on any atom is 0.355 e. The Morgan fingerprint density at radius 1 is 1.41 bits per heavy atom. The van der Waals surface area contributed by atoms with Gasteiger partial charge in [0.15, 0.2) is 0 Å². The first kappa shape index (κ1) is 14.3. The number of fused-ring (bicyclic) bond motifs is 1. The number of aromatic amines is 1. The van der Waals surface area contributed by atoms with E-state index in [1.165, 1.54) is 22.7 Å². The molecule has 112 valence electrons. The van der Waals surface area contributed by atoms with Crippen molar-refractivity contribution in [3.8, 4) is 0 Å². The molecule has 3 rings (SSSR count). The summed E-state index contributed by atoms with van der Waals surface area (Å²) in [5, 5.41) is 0.421. The summed E-state index contributed by atoms with van der Waals surface area (Å²) < 4.78 is 6.56. The number of hydrogen-bond donors (Lipinski definition) is 1. The average Bonchev–Trinajstić information content (AvgIpc) is 2.91. The first-order valence-corrected chi connectivity index (χ1v) is 6.91.